The number of ether oxygens (including phenoxy) is 1. The minimum atomic E-state index is -0.391. The molecule has 1 aromatic rings. The monoisotopic (exact) mass is 205 g/mol. The van der Waals surface area contributed by atoms with Gasteiger partial charge in [0, 0.05) is 11.8 Å². The lowest BCUT2D eigenvalue weighted by atomic mass is 10.2. The van der Waals surface area contributed by atoms with E-state index in [1.807, 2.05) is 37.3 Å². The molecular formula is C12H15NO2. The van der Waals surface area contributed by atoms with Crippen LogP contribution in [0.3, 0.4) is 0 Å². The summed E-state index contributed by atoms with van der Waals surface area (Å²) in [6.45, 7) is 2.17. The van der Waals surface area contributed by atoms with Gasteiger partial charge in [-0.15, -0.1) is 0 Å². The zero-order valence-electron chi connectivity index (χ0n) is 8.77. The normalized spacial score (nSPS) is 11.1. The van der Waals surface area contributed by atoms with Gasteiger partial charge in [0.1, 0.15) is 6.61 Å². The predicted molar refractivity (Wildman–Crippen MR) is 58.8 cm³/mol. The summed E-state index contributed by atoms with van der Waals surface area (Å²) < 4.78 is 5.01. The quantitative estimate of drug-likeness (QED) is 0.604. The molecular weight excluding hydrogens is 190 g/mol. The van der Waals surface area contributed by atoms with E-state index in [1.165, 1.54) is 6.08 Å². The largest absolute Gasteiger partial charge is 0.458 e. The lowest BCUT2D eigenvalue weighted by molar-refractivity contribution is -0.139. The number of rotatable bonds is 4. The van der Waals surface area contributed by atoms with E-state index >= 15 is 0 Å². The van der Waals surface area contributed by atoms with E-state index in [9.17, 15) is 4.79 Å². The Morgan fingerprint density at radius 3 is 2.67 bits per heavy atom. The third-order valence-electron chi connectivity index (χ3n) is 1.94. The molecule has 0 atom stereocenters. The Balaban J connectivity index is 2.41. The van der Waals surface area contributed by atoms with Gasteiger partial charge in [0.05, 0.1) is 0 Å². The third kappa shape index (κ3) is 4.31. The van der Waals surface area contributed by atoms with Crippen molar-refractivity contribution >= 4 is 5.97 Å². The van der Waals surface area contributed by atoms with E-state index in [1.54, 1.807) is 0 Å². The molecule has 1 aromatic carbocycles. The van der Waals surface area contributed by atoms with E-state index in [0.717, 1.165) is 5.56 Å². The van der Waals surface area contributed by atoms with Crippen molar-refractivity contribution < 1.29 is 9.53 Å². The van der Waals surface area contributed by atoms with Crippen LogP contribution in [0.2, 0.25) is 0 Å². The number of allylic oxidation sites excluding steroid dienone is 1. The summed E-state index contributed by atoms with van der Waals surface area (Å²) in [5.74, 6) is -0.391. The van der Waals surface area contributed by atoms with Crippen molar-refractivity contribution in [1.82, 2.24) is 0 Å². The first-order valence-corrected chi connectivity index (χ1v) is 4.89. The second kappa shape index (κ2) is 5.86. The van der Waals surface area contributed by atoms with Gasteiger partial charge in [-0.1, -0.05) is 37.3 Å². The SMILES string of the molecule is CCC(N)=CC(=O)OCc1ccccc1. The summed E-state index contributed by atoms with van der Waals surface area (Å²) in [6.07, 6.45) is 1.98. The van der Waals surface area contributed by atoms with Crippen LogP contribution in [0, 0.1) is 0 Å². The van der Waals surface area contributed by atoms with Gasteiger partial charge >= 0.3 is 5.97 Å². The zero-order chi connectivity index (χ0) is 11.1. The molecule has 0 unspecified atom stereocenters. The molecule has 0 radical (unpaired) electrons. The summed E-state index contributed by atoms with van der Waals surface area (Å²) in [4.78, 5) is 11.2. The molecule has 0 saturated carbocycles. The summed E-state index contributed by atoms with van der Waals surface area (Å²) in [5.41, 5.74) is 7.01. The fourth-order valence-electron chi connectivity index (χ4n) is 1.02. The average Bonchev–Trinajstić information content (AvgIpc) is 2.27. The van der Waals surface area contributed by atoms with Crippen LogP contribution in [-0.4, -0.2) is 5.97 Å². The van der Waals surface area contributed by atoms with Crippen LogP contribution in [0.5, 0.6) is 0 Å². The summed E-state index contributed by atoms with van der Waals surface area (Å²) >= 11 is 0. The maximum Gasteiger partial charge on any atom is 0.332 e. The van der Waals surface area contributed by atoms with Gasteiger partial charge in [-0.3, -0.25) is 0 Å². The molecule has 3 nitrogen and oxygen atoms in total. The number of benzene rings is 1. The molecule has 0 saturated heterocycles. The highest BCUT2D eigenvalue weighted by Gasteiger charge is 1.99. The van der Waals surface area contributed by atoms with Gasteiger partial charge in [0.15, 0.2) is 0 Å². The maximum absolute atomic E-state index is 11.2. The van der Waals surface area contributed by atoms with E-state index in [4.69, 9.17) is 10.5 Å². The third-order valence-corrected chi connectivity index (χ3v) is 1.94. The minimum Gasteiger partial charge on any atom is -0.458 e. The van der Waals surface area contributed by atoms with Gasteiger partial charge < -0.3 is 10.5 Å². The number of carbonyl (C=O) groups excluding carboxylic acids is 1. The first-order valence-electron chi connectivity index (χ1n) is 4.89. The van der Waals surface area contributed by atoms with Crippen LogP contribution in [0.4, 0.5) is 0 Å². The molecule has 0 aromatic heterocycles. The van der Waals surface area contributed by atoms with Crippen LogP contribution < -0.4 is 5.73 Å². The average molecular weight is 205 g/mol. The smallest absolute Gasteiger partial charge is 0.332 e. The van der Waals surface area contributed by atoms with Crippen molar-refractivity contribution in [2.45, 2.75) is 20.0 Å². The van der Waals surface area contributed by atoms with Crippen molar-refractivity contribution in [3.63, 3.8) is 0 Å². The maximum atomic E-state index is 11.2. The Labute approximate surface area is 89.5 Å². The molecule has 80 valence electrons. The zero-order valence-corrected chi connectivity index (χ0v) is 8.77. The Morgan fingerprint density at radius 1 is 1.40 bits per heavy atom. The summed E-state index contributed by atoms with van der Waals surface area (Å²) in [6, 6.07) is 9.53. The van der Waals surface area contributed by atoms with E-state index < -0.39 is 5.97 Å². The first-order chi connectivity index (χ1) is 7.22. The Kier molecular flexibility index (Phi) is 4.41. The Bertz CT molecular complexity index is 344. The highest BCUT2D eigenvalue weighted by Crippen LogP contribution is 2.01. The van der Waals surface area contributed by atoms with Crippen LogP contribution >= 0.6 is 0 Å². The molecule has 15 heavy (non-hydrogen) atoms. The number of hydrogen-bond acceptors (Lipinski definition) is 3. The van der Waals surface area contributed by atoms with Crippen molar-refractivity contribution in [3.8, 4) is 0 Å². The number of carbonyl (C=O) groups is 1. The van der Waals surface area contributed by atoms with Crippen molar-refractivity contribution in [1.29, 1.82) is 0 Å². The van der Waals surface area contributed by atoms with Gasteiger partial charge in [0.2, 0.25) is 0 Å². The second-order valence-electron chi connectivity index (χ2n) is 3.17. The molecule has 0 aliphatic rings. The topological polar surface area (TPSA) is 52.3 Å². The van der Waals surface area contributed by atoms with Crippen molar-refractivity contribution in [2.24, 2.45) is 5.73 Å². The molecule has 0 bridgehead atoms. The number of nitrogens with two attached hydrogens (primary N) is 1. The lowest BCUT2D eigenvalue weighted by Crippen LogP contribution is -2.05. The molecule has 0 aliphatic carbocycles. The summed E-state index contributed by atoms with van der Waals surface area (Å²) in [7, 11) is 0. The van der Waals surface area contributed by atoms with Crippen LogP contribution in [-0.2, 0) is 16.1 Å². The highest BCUT2D eigenvalue weighted by molar-refractivity contribution is 5.82. The molecule has 0 spiro atoms. The molecule has 3 heteroatoms. The number of hydrogen-bond donors (Lipinski definition) is 1. The Hall–Kier alpha value is -1.77. The minimum absolute atomic E-state index is 0.285. The van der Waals surface area contributed by atoms with Crippen molar-refractivity contribution in [2.75, 3.05) is 0 Å². The van der Waals surface area contributed by atoms with Crippen LogP contribution in [0.1, 0.15) is 18.9 Å². The molecule has 0 aliphatic heterocycles. The summed E-state index contributed by atoms with van der Waals surface area (Å²) in [5, 5.41) is 0. The van der Waals surface area contributed by atoms with Gasteiger partial charge in [0.25, 0.3) is 0 Å². The first kappa shape index (κ1) is 11.3. The standard InChI is InChI=1S/C12H15NO2/c1-2-11(13)8-12(14)15-9-10-6-4-3-5-7-10/h3-8H,2,9,13H2,1H3. The fraction of sp³-hybridized carbons (Fsp3) is 0.250. The van der Waals surface area contributed by atoms with Crippen LogP contribution in [0.25, 0.3) is 0 Å². The van der Waals surface area contributed by atoms with E-state index in [-0.39, 0.29) is 6.61 Å². The highest BCUT2D eigenvalue weighted by atomic mass is 16.5. The van der Waals surface area contributed by atoms with Gasteiger partial charge in [-0.05, 0) is 12.0 Å². The van der Waals surface area contributed by atoms with Gasteiger partial charge in [-0.25, -0.2) is 4.79 Å². The molecule has 0 fully saturated rings. The lowest BCUT2D eigenvalue weighted by Gasteiger charge is -2.02. The second-order valence-corrected chi connectivity index (χ2v) is 3.17. The fourth-order valence-corrected chi connectivity index (χ4v) is 1.02. The number of esters is 1. The molecule has 0 amide bonds. The molecule has 2 N–H and O–H groups in total. The van der Waals surface area contributed by atoms with E-state index in [0.29, 0.717) is 12.1 Å². The van der Waals surface area contributed by atoms with E-state index in [2.05, 4.69) is 0 Å². The molecule has 1 rings (SSSR count). The molecule has 0 heterocycles. The van der Waals surface area contributed by atoms with Gasteiger partial charge in [-0.2, -0.15) is 0 Å². The predicted octanol–water partition coefficient (Wildman–Crippen LogP) is 1.98. The Morgan fingerprint density at radius 2 is 2.07 bits per heavy atom. The van der Waals surface area contributed by atoms with Crippen LogP contribution in [0.15, 0.2) is 42.1 Å². The van der Waals surface area contributed by atoms with Crippen molar-refractivity contribution in [3.05, 3.63) is 47.7 Å².